The van der Waals surface area contributed by atoms with Crippen molar-refractivity contribution < 1.29 is 0 Å². The molecule has 0 radical (unpaired) electrons. The SMILES string of the molecule is c1ccc2c(c1)CCC1(CCc3ccccc3-2)c2ccccc2-c2ccc(N(c3ccc4ccccc4c3)c3ccc4c(c3)sc3ccccc34)cc21. The van der Waals surface area contributed by atoms with Crippen molar-refractivity contribution in [3.05, 3.63) is 198 Å². The van der Waals surface area contributed by atoms with Crippen molar-refractivity contribution in [2.45, 2.75) is 31.1 Å². The molecule has 2 heteroatoms. The van der Waals surface area contributed by atoms with Crippen LogP contribution in [-0.4, -0.2) is 0 Å². The van der Waals surface area contributed by atoms with Gasteiger partial charge in [0, 0.05) is 42.6 Å². The molecule has 0 saturated heterocycles. The molecule has 0 amide bonds. The zero-order chi connectivity index (χ0) is 34.9. The number of hydrogen-bond acceptors (Lipinski definition) is 2. The predicted octanol–water partition coefficient (Wildman–Crippen LogP) is 14.2. The average Bonchev–Trinajstić information content (AvgIpc) is 3.74. The normalized spacial score (nSPS) is 14.3. The lowest BCUT2D eigenvalue weighted by Crippen LogP contribution is -2.27. The molecule has 0 saturated carbocycles. The molecule has 0 atom stereocenters. The fourth-order valence-corrected chi connectivity index (χ4v) is 10.7. The molecule has 2 aliphatic rings. The van der Waals surface area contributed by atoms with Gasteiger partial charge in [0.2, 0.25) is 0 Å². The van der Waals surface area contributed by atoms with Gasteiger partial charge in [0.05, 0.1) is 0 Å². The van der Waals surface area contributed by atoms with Crippen LogP contribution in [0.15, 0.2) is 176 Å². The van der Waals surface area contributed by atoms with Crippen LogP contribution in [-0.2, 0) is 18.3 Å². The van der Waals surface area contributed by atoms with Crippen LogP contribution in [0.2, 0.25) is 0 Å². The molecule has 2 aliphatic carbocycles. The molecule has 9 aromatic rings. The van der Waals surface area contributed by atoms with Crippen LogP contribution >= 0.6 is 11.3 Å². The molecule has 0 aliphatic heterocycles. The van der Waals surface area contributed by atoms with E-state index < -0.39 is 0 Å². The second-order valence-electron chi connectivity index (χ2n) is 14.8. The Hall–Kier alpha value is -5.96. The monoisotopic (exact) mass is 695 g/mol. The second-order valence-corrected chi connectivity index (χ2v) is 15.9. The molecule has 0 N–H and O–H groups in total. The Bertz CT molecular complexity index is 2830. The molecule has 1 heterocycles. The van der Waals surface area contributed by atoms with E-state index in [-0.39, 0.29) is 5.41 Å². The van der Waals surface area contributed by atoms with Crippen molar-refractivity contribution in [2.75, 3.05) is 4.90 Å². The average molecular weight is 696 g/mol. The third kappa shape index (κ3) is 4.82. The zero-order valence-electron chi connectivity index (χ0n) is 29.4. The summed E-state index contributed by atoms with van der Waals surface area (Å²) in [5.41, 5.74) is 14.8. The Labute approximate surface area is 314 Å². The number of rotatable bonds is 3. The maximum atomic E-state index is 2.55. The van der Waals surface area contributed by atoms with E-state index in [0.29, 0.717) is 0 Å². The third-order valence-corrected chi connectivity index (χ3v) is 13.2. The number of benzene rings is 8. The minimum Gasteiger partial charge on any atom is -0.310 e. The van der Waals surface area contributed by atoms with Gasteiger partial charge in [0.1, 0.15) is 0 Å². The minimum atomic E-state index is -0.114. The highest BCUT2D eigenvalue weighted by atomic mass is 32.1. The van der Waals surface area contributed by atoms with Crippen LogP contribution in [0.3, 0.4) is 0 Å². The highest BCUT2D eigenvalue weighted by Gasteiger charge is 2.43. The quantitative estimate of drug-likeness (QED) is 0.178. The topological polar surface area (TPSA) is 3.24 Å². The van der Waals surface area contributed by atoms with Gasteiger partial charge < -0.3 is 4.90 Å². The van der Waals surface area contributed by atoms with Crippen LogP contribution in [0.1, 0.15) is 35.1 Å². The Morgan fingerprint density at radius 2 is 0.962 bits per heavy atom. The number of nitrogens with zero attached hydrogens (tertiary/aromatic N) is 1. The molecule has 1 nitrogen and oxygen atoms in total. The molecule has 1 aromatic heterocycles. The smallest absolute Gasteiger partial charge is 0.0476 e. The van der Waals surface area contributed by atoms with Gasteiger partial charge >= 0.3 is 0 Å². The molecule has 1 spiro atoms. The number of thiophene rings is 1. The number of hydrogen-bond donors (Lipinski definition) is 0. The van der Waals surface area contributed by atoms with Crippen molar-refractivity contribution in [1.29, 1.82) is 0 Å². The van der Waals surface area contributed by atoms with Gasteiger partial charge in [-0.3, -0.25) is 0 Å². The largest absolute Gasteiger partial charge is 0.310 e. The van der Waals surface area contributed by atoms with E-state index in [1.165, 1.54) is 92.5 Å². The van der Waals surface area contributed by atoms with Gasteiger partial charge in [-0.1, -0.05) is 133 Å². The lowest BCUT2D eigenvalue weighted by atomic mass is 9.70. The van der Waals surface area contributed by atoms with Crippen LogP contribution < -0.4 is 4.90 Å². The molecule has 252 valence electrons. The lowest BCUT2D eigenvalue weighted by molar-refractivity contribution is 0.448. The molecular formula is C51H37NS. The van der Waals surface area contributed by atoms with Crippen molar-refractivity contribution >= 4 is 59.3 Å². The van der Waals surface area contributed by atoms with E-state index >= 15 is 0 Å². The number of aryl methyl sites for hydroxylation is 2. The number of anilines is 3. The van der Waals surface area contributed by atoms with Crippen LogP contribution in [0.4, 0.5) is 17.1 Å². The summed E-state index contributed by atoms with van der Waals surface area (Å²) in [4.78, 5) is 2.49. The Morgan fingerprint density at radius 1 is 0.396 bits per heavy atom. The van der Waals surface area contributed by atoms with E-state index in [4.69, 9.17) is 0 Å². The summed E-state index contributed by atoms with van der Waals surface area (Å²) in [6, 6.07) is 66.2. The zero-order valence-corrected chi connectivity index (χ0v) is 30.2. The van der Waals surface area contributed by atoms with Crippen molar-refractivity contribution in [1.82, 2.24) is 0 Å². The Morgan fingerprint density at radius 3 is 1.77 bits per heavy atom. The maximum absolute atomic E-state index is 2.55. The Balaban J connectivity index is 1.12. The standard InChI is InChI=1S/C51H37NS/c1-2-14-37-31-38(22-21-34(37)11-1)52(40-24-26-46-45-18-8-10-20-49(45)53-50(46)33-40)39-23-25-44-43-17-7-9-19-47(43)51(48(44)32-39)29-27-35-12-3-5-15-41(35)42-16-6-4-13-36(42)28-30-51/h1-26,31-33H,27-30H2. The summed E-state index contributed by atoms with van der Waals surface area (Å²) in [6.45, 7) is 0. The summed E-state index contributed by atoms with van der Waals surface area (Å²) in [5.74, 6) is 0. The van der Waals surface area contributed by atoms with E-state index in [2.05, 4.69) is 181 Å². The first-order valence-corrected chi connectivity index (χ1v) is 19.7. The van der Waals surface area contributed by atoms with Crippen LogP contribution in [0.25, 0.3) is 53.2 Å². The maximum Gasteiger partial charge on any atom is 0.0476 e. The first-order chi connectivity index (χ1) is 26.2. The van der Waals surface area contributed by atoms with Gasteiger partial charge in [-0.2, -0.15) is 0 Å². The van der Waals surface area contributed by atoms with Crippen LogP contribution in [0.5, 0.6) is 0 Å². The summed E-state index contributed by atoms with van der Waals surface area (Å²) >= 11 is 1.88. The lowest BCUT2D eigenvalue weighted by Gasteiger charge is -2.34. The molecule has 0 fully saturated rings. The van der Waals surface area contributed by atoms with E-state index in [1.807, 2.05) is 11.3 Å². The van der Waals surface area contributed by atoms with Crippen molar-refractivity contribution in [2.24, 2.45) is 0 Å². The van der Waals surface area contributed by atoms with Gasteiger partial charge in [-0.05, 0) is 123 Å². The Kier molecular flexibility index (Phi) is 6.97. The van der Waals surface area contributed by atoms with Crippen molar-refractivity contribution in [3.63, 3.8) is 0 Å². The predicted molar refractivity (Wildman–Crippen MR) is 226 cm³/mol. The summed E-state index contributed by atoms with van der Waals surface area (Å²) in [7, 11) is 0. The first kappa shape index (κ1) is 30.6. The first-order valence-electron chi connectivity index (χ1n) is 18.8. The van der Waals surface area contributed by atoms with Gasteiger partial charge in [-0.25, -0.2) is 0 Å². The third-order valence-electron chi connectivity index (χ3n) is 12.1. The molecule has 53 heavy (non-hydrogen) atoms. The van der Waals surface area contributed by atoms with Gasteiger partial charge in [0.25, 0.3) is 0 Å². The molecule has 11 rings (SSSR count). The fourth-order valence-electron chi connectivity index (χ4n) is 9.56. The summed E-state index contributed by atoms with van der Waals surface area (Å²) in [5, 5.41) is 5.15. The highest BCUT2D eigenvalue weighted by Crippen LogP contribution is 2.56. The fraction of sp³-hybridized carbons (Fsp3) is 0.0980. The summed E-state index contributed by atoms with van der Waals surface area (Å²) in [6.07, 6.45) is 4.18. The van der Waals surface area contributed by atoms with E-state index in [1.54, 1.807) is 0 Å². The minimum absolute atomic E-state index is 0.114. The highest BCUT2D eigenvalue weighted by molar-refractivity contribution is 7.25. The van der Waals surface area contributed by atoms with Gasteiger partial charge in [0.15, 0.2) is 0 Å². The molecule has 0 bridgehead atoms. The molecular weight excluding hydrogens is 659 g/mol. The van der Waals surface area contributed by atoms with E-state index in [0.717, 1.165) is 25.7 Å². The molecule has 8 aromatic carbocycles. The second kappa shape index (κ2) is 12.0. The number of fused-ring (bicyclic) bond motifs is 12. The van der Waals surface area contributed by atoms with Crippen molar-refractivity contribution in [3.8, 4) is 22.3 Å². The van der Waals surface area contributed by atoms with E-state index in [9.17, 15) is 0 Å². The van der Waals surface area contributed by atoms with Gasteiger partial charge in [-0.15, -0.1) is 11.3 Å². The van der Waals surface area contributed by atoms with Crippen LogP contribution in [0, 0.1) is 0 Å². The summed E-state index contributed by atoms with van der Waals surface area (Å²) < 4.78 is 2.64. The molecule has 0 unspecified atom stereocenters.